The van der Waals surface area contributed by atoms with Crippen LogP contribution in [-0.2, 0) is 5.67 Å². The monoisotopic (exact) mass is 376 g/mol. The Bertz CT molecular complexity index is 1110. The number of nitriles is 1. The number of carbonyl (C=O) groups is 1. The average Bonchev–Trinajstić information content (AvgIpc) is 3.12. The molecule has 140 valence electrons. The lowest BCUT2D eigenvalue weighted by molar-refractivity contribution is 0.0693. The van der Waals surface area contributed by atoms with E-state index in [-0.39, 0.29) is 11.3 Å². The number of halogens is 1. The van der Waals surface area contributed by atoms with Gasteiger partial charge in [0.05, 0.1) is 5.56 Å². The summed E-state index contributed by atoms with van der Waals surface area (Å²) < 4.78 is 16.0. The number of alkyl halides is 1. The van der Waals surface area contributed by atoms with Crippen LogP contribution in [0, 0.1) is 11.3 Å². The zero-order chi connectivity index (χ0) is 20.5. The Labute approximate surface area is 161 Å². The number of allylic oxidation sites excluding steroid dienone is 1. The van der Waals surface area contributed by atoms with E-state index in [1.807, 2.05) is 0 Å². The van der Waals surface area contributed by atoms with Gasteiger partial charge < -0.3 is 14.8 Å². The molecule has 0 spiro atoms. The third-order valence-electron chi connectivity index (χ3n) is 4.60. The van der Waals surface area contributed by atoms with Crippen molar-refractivity contribution in [3.8, 4) is 28.6 Å². The van der Waals surface area contributed by atoms with E-state index in [9.17, 15) is 19.6 Å². The molecule has 1 aromatic heterocycles. The van der Waals surface area contributed by atoms with E-state index in [2.05, 4.69) is 12.6 Å². The van der Waals surface area contributed by atoms with Gasteiger partial charge in [0.15, 0.2) is 5.67 Å². The van der Waals surface area contributed by atoms with Crippen LogP contribution in [0.2, 0.25) is 0 Å². The van der Waals surface area contributed by atoms with Gasteiger partial charge in [0.2, 0.25) is 0 Å². The number of aromatic carboxylic acids is 1. The Balaban J connectivity index is 2.02. The first kappa shape index (κ1) is 18.9. The fourth-order valence-corrected chi connectivity index (χ4v) is 2.88. The first-order valence-corrected chi connectivity index (χ1v) is 8.39. The zero-order valence-electron chi connectivity index (χ0n) is 15.1. The third-order valence-corrected chi connectivity index (χ3v) is 4.60. The number of carboxylic acid groups (broad SMARTS) is 1. The quantitative estimate of drug-likeness (QED) is 0.627. The average molecular weight is 376 g/mol. The molecule has 0 fully saturated rings. The van der Waals surface area contributed by atoms with Crippen LogP contribution in [-0.4, -0.2) is 20.7 Å². The predicted molar refractivity (Wildman–Crippen MR) is 103 cm³/mol. The molecule has 0 saturated heterocycles. The molecule has 1 atom stereocenters. The predicted octanol–water partition coefficient (Wildman–Crippen LogP) is 4.79. The molecule has 0 aliphatic heterocycles. The molecule has 1 heterocycles. The summed E-state index contributed by atoms with van der Waals surface area (Å²) in [5.41, 5.74) is 0.861. The maximum atomic E-state index is 14.3. The number of nitrogens with zero attached hydrogens (tertiary/aromatic N) is 2. The number of aromatic hydroxyl groups is 1. The molecule has 6 heteroatoms. The van der Waals surface area contributed by atoms with Crippen molar-refractivity contribution in [2.75, 3.05) is 0 Å². The SMILES string of the molecule is C=CC(C)(F)c1ccc(-c2cn(-c3ccc(C(=O)O)c(O)c3)cc2C#N)cc1. The van der Waals surface area contributed by atoms with Gasteiger partial charge in [-0.05, 0) is 30.2 Å². The minimum Gasteiger partial charge on any atom is -0.507 e. The lowest BCUT2D eigenvalue weighted by Crippen LogP contribution is -2.10. The highest BCUT2D eigenvalue weighted by atomic mass is 19.1. The Hall–Kier alpha value is -3.85. The second kappa shape index (κ2) is 7.05. The fourth-order valence-electron chi connectivity index (χ4n) is 2.88. The summed E-state index contributed by atoms with van der Waals surface area (Å²) in [5.74, 6) is -1.59. The number of aromatic nitrogens is 1. The number of hydrogen-bond acceptors (Lipinski definition) is 3. The van der Waals surface area contributed by atoms with Gasteiger partial charge >= 0.3 is 5.97 Å². The van der Waals surface area contributed by atoms with Crippen molar-refractivity contribution in [3.63, 3.8) is 0 Å². The van der Waals surface area contributed by atoms with Crippen molar-refractivity contribution < 1.29 is 19.4 Å². The summed E-state index contributed by atoms with van der Waals surface area (Å²) in [5, 5.41) is 28.4. The first-order chi connectivity index (χ1) is 13.3. The van der Waals surface area contributed by atoms with E-state index in [0.29, 0.717) is 22.4 Å². The molecule has 0 amide bonds. The smallest absolute Gasteiger partial charge is 0.339 e. The summed E-state index contributed by atoms with van der Waals surface area (Å²) in [6.07, 6.45) is 4.51. The van der Waals surface area contributed by atoms with E-state index >= 15 is 0 Å². The molecule has 0 radical (unpaired) electrons. The highest BCUT2D eigenvalue weighted by Crippen LogP contribution is 2.31. The summed E-state index contributed by atoms with van der Waals surface area (Å²) in [6.45, 7) is 4.92. The normalized spacial score (nSPS) is 12.8. The van der Waals surface area contributed by atoms with Gasteiger partial charge in [-0.2, -0.15) is 5.26 Å². The van der Waals surface area contributed by atoms with E-state index < -0.39 is 11.6 Å². The minimum atomic E-state index is -1.65. The van der Waals surface area contributed by atoms with Crippen LogP contribution in [0.15, 0.2) is 67.5 Å². The molecule has 2 N–H and O–H groups in total. The third kappa shape index (κ3) is 3.38. The molecule has 3 aromatic rings. The van der Waals surface area contributed by atoms with Crippen LogP contribution in [0.3, 0.4) is 0 Å². The van der Waals surface area contributed by atoms with Crippen LogP contribution in [0.25, 0.3) is 16.8 Å². The highest BCUT2D eigenvalue weighted by molar-refractivity contribution is 5.91. The Morgan fingerprint density at radius 1 is 1.25 bits per heavy atom. The van der Waals surface area contributed by atoms with Gasteiger partial charge in [0, 0.05) is 29.7 Å². The fraction of sp³-hybridized carbons (Fsp3) is 0.0909. The number of phenols is 1. The molecule has 2 aromatic carbocycles. The van der Waals surface area contributed by atoms with Crippen LogP contribution in [0.4, 0.5) is 4.39 Å². The largest absolute Gasteiger partial charge is 0.507 e. The molecule has 0 aliphatic carbocycles. The van der Waals surface area contributed by atoms with Crippen LogP contribution in [0.1, 0.15) is 28.4 Å². The molecule has 3 rings (SSSR count). The van der Waals surface area contributed by atoms with Gasteiger partial charge in [-0.3, -0.25) is 0 Å². The van der Waals surface area contributed by atoms with Gasteiger partial charge in [-0.15, -0.1) is 0 Å². The Morgan fingerprint density at radius 3 is 2.46 bits per heavy atom. The van der Waals surface area contributed by atoms with Gasteiger partial charge in [-0.25, -0.2) is 9.18 Å². The second-order valence-corrected chi connectivity index (χ2v) is 6.47. The number of carboxylic acids is 1. The van der Waals surface area contributed by atoms with Gasteiger partial charge in [0.1, 0.15) is 17.4 Å². The Morgan fingerprint density at radius 2 is 1.93 bits per heavy atom. The van der Waals surface area contributed by atoms with E-state index in [0.717, 1.165) is 5.56 Å². The molecule has 1 unspecified atom stereocenters. The topological polar surface area (TPSA) is 86.2 Å². The van der Waals surface area contributed by atoms with Crippen molar-refractivity contribution in [2.24, 2.45) is 0 Å². The molecule has 0 bridgehead atoms. The van der Waals surface area contributed by atoms with E-state index in [1.54, 1.807) is 41.2 Å². The van der Waals surface area contributed by atoms with Crippen molar-refractivity contribution in [2.45, 2.75) is 12.6 Å². The molecule has 0 aliphatic rings. The van der Waals surface area contributed by atoms with Gasteiger partial charge in [-0.1, -0.05) is 36.9 Å². The molecule has 28 heavy (non-hydrogen) atoms. The van der Waals surface area contributed by atoms with Crippen molar-refractivity contribution in [3.05, 3.63) is 84.2 Å². The maximum Gasteiger partial charge on any atom is 0.339 e. The number of hydrogen-bond donors (Lipinski definition) is 2. The summed E-state index contributed by atoms with van der Waals surface area (Å²) in [4.78, 5) is 11.0. The zero-order valence-corrected chi connectivity index (χ0v) is 15.1. The summed E-state index contributed by atoms with van der Waals surface area (Å²) in [7, 11) is 0. The molecule has 0 saturated carbocycles. The van der Waals surface area contributed by atoms with E-state index in [4.69, 9.17) is 5.11 Å². The first-order valence-electron chi connectivity index (χ1n) is 8.39. The van der Waals surface area contributed by atoms with Crippen LogP contribution < -0.4 is 0 Å². The lowest BCUT2D eigenvalue weighted by Gasteiger charge is -2.16. The van der Waals surface area contributed by atoms with Gasteiger partial charge in [0.25, 0.3) is 0 Å². The summed E-state index contributed by atoms with van der Waals surface area (Å²) >= 11 is 0. The number of rotatable bonds is 5. The highest BCUT2D eigenvalue weighted by Gasteiger charge is 2.21. The van der Waals surface area contributed by atoms with Crippen molar-refractivity contribution in [1.29, 1.82) is 5.26 Å². The van der Waals surface area contributed by atoms with Crippen LogP contribution in [0.5, 0.6) is 5.75 Å². The van der Waals surface area contributed by atoms with E-state index in [1.165, 1.54) is 31.2 Å². The summed E-state index contributed by atoms with van der Waals surface area (Å²) in [6, 6.07) is 13.0. The van der Waals surface area contributed by atoms with Crippen LogP contribution >= 0.6 is 0 Å². The maximum absolute atomic E-state index is 14.3. The molecular weight excluding hydrogens is 359 g/mol. The standard InChI is InChI=1S/C22H17FN2O3/c1-3-22(2,23)16-6-4-14(5-7-16)19-13-25(12-15(19)11-24)17-8-9-18(21(27)28)20(26)10-17/h3-10,12-13,26H,1H2,2H3,(H,27,28). The molecule has 5 nitrogen and oxygen atoms in total. The molecular formula is C22H17FN2O3. The number of benzene rings is 2. The Kier molecular flexibility index (Phi) is 4.76. The lowest BCUT2D eigenvalue weighted by atomic mass is 9.95. The van der Waals surface area contributed by atoms with Crippen molar-refractivity contribution >= 4 is 5.97 Å². The second-order valence-electron chi connectivity index (χ2n) is 6.47. The van der Waals surface area contributed by atoms with Crippen molar-refractivity contribution in [1.82, 2.24) is 4.57 Å². The minimum absolute atomic E-state index is 0.205.